The molecule has 0 bridgehead atoms. The van der Waals surface area contributed by atoms with E-state index in [-0.39, 0.29) is 18.0 Å². The molecule has 0 spiro atoms. The fraction of sp³-hybridized carbons (Fsp3) is 0.278. The van der Waals surface area contributed by atoms with E-state index in [2.05, 4.69) is 24.3 Å². The lowest BCUT2D eigenvalue weighted by atomic mass is 9.90. The summed E-state index contributed by atoms with van der Waals surface area (Å²) in [5, 5.41) is 0. The molecule has 3 nitrogen and oxygen atoms in total. The molecule has 2 aromatic carbocycles. The first-order valence-corrected chi connectivity index (χ1v) is 7.39. The summed E-state index contributed by atoms with van der Waals surface area (Å²) in [5.74, 6) is 0.189. The number of hydrogen-bond donors (Lipinski definition) is 1. The molecule has 2 atom stereocenters. The number of carbonyl (C=O) groups is 1. The van der Waals surface area contributed by atoms with Gasteiger partial charge in [-0.15, -0.1) is 0 Å². The van der Waals surface area contributed by atoms with Gasteiger partial charge in [-0.05, 0) is 17.5 Å². The van der Waals surface area contributed by atoms with Crippen LogP contribution in [0.1, 0.15) is 30.0 Å². The minimum Gasteiger partial charge on any atom is -0.330 e. The average Bonchev–Trinajstić information content (AvgIpc) is 2.53. The van der Waals surface area contributed by atoms with Gasteiger partial charge in [0.2, 0.25) is 5.91 Å². The predicted molar refractivity (Wildman–Crippen MR) is 83.4 cm³/mol. The van der Waals surface area contributed by atoms with Crippen molar-refractivity contribution < 1.29 is 4.79 Å². The zero-order valence-corrected chi connectivity index (χ0v) is 12.0. The molecular weight excluding hydrogens is 260 g/mol. The highest BCUT2D eigenvalue weighted by atomic mass is 16.2. The van der Waals surface area contributed by atoms with Crippen LogP contribution in [0, 0.1) is 0 Å². The molecular formula is C18H20N2O. The third-order valence-corrected chi connectivity index (χ3v) is 4.09. The van der Waals surface area contributed by atoms with Crippen LogP contribution in [0.3, 0.4) is 0 Å². The van der Waals surface area contributed by atoms with E-state index in [1.165, 1.54) is 0 Å². The number of rotatable bonds is 3. The van der Waals surface area contributed by atoms with Gasteiger partial charge in [-0.1, -0.05) is 60.7 Å². The van der Waals surface area contributed by atoms with Crippen LogP contribution >= 0.6 is 0 Å². The van der Waals surface area contributed by atoms with Crippen molar-refractivity contribution in [2.24, 2.45) is 5.73 Å². The van der Waals surface area contributed by atoms with Crippen LogP contribution in [-0.4, -0.2) is 16.8 Å². The van der Waals surface area contributed by atoms with Crippen molar-refractivity contribution in [2.45, 2.75) is 31.5 Å². The summed E-state index contributed by atoms with van der Waals surface area (Å²) in [6.45, 7) is 0.618. The van der Waals surface area contributed by atoms with Gasteiger partial charge in [0, 0.05) is 19.0 Å². The molecule has 1 aliphatic heterocycles. The zero-order chi connectivity index (χ0) is 14.7. The van der Waals surface area contributed by atoms with Crippen LogP contribution in [0.25, 0.3) is 0 Å². The molecule has 2 aromatic rings. The van der Waals surface area contributed by atoms with E-state index in [1.807, 2.05) is 41.3 Å². The number of carbonyl (C=O) groups excluding carboxylic acids is 1. The molecule has 0 aliphatic carbocycles. The molecule has 0 radical (unpaired) electrons. The van der Waals surface area contributed by atoms with Crippen molar-refractivity contribution in [3.05, 3.63) is 71.8 Å². The predicted octanol–water partition coefficient (Wildman–Crippen LogP) is 2.88. The smallest absolute Gasteiger partial charge is 0.223 e. The SMILES string of the molecule is NC1CCC(=O)N(Cc2ccccc2)C1c1ccccc1. The molecule has 108 valence electrons. The minimum absolute atomic E-state index is 0.00573. The van der Waals surface area contributed by atoms with Gasteiger partial charge >= 0.3 is 0 Å². The Balaban J connectivity index is 1.91. The fourth-order valence-corrected chi connectivity index (χ4v) is 3.02. The normalized spacial score (nSPS) is 22.3. The van der Waals surface area contributed by atoms with Gasteiger partial charge in [0.05, 0.1) is 6.04 Å². The van der Waals surface area contributed by atoms with E-state index in [4.69, 9.17) is 5.73 Å². The van der Waals surface area contributed by atoms with Crippen molar-refractivity contribution >= 4 is 5.91 Å². The molecule has 0 aromatic heterocycles. The lowest BCUT2D eigenvalue weighted by Gasteiger charge is -2.40. The van der Waals surface area contributed by atoms with Crippen LogP contribution in [0.4, 0.5) is 0 Å². The third-order valence-electron chi connectivity index (χ3n) is 4.09. The second kappa shape index (κ2) is 6.10. The number of nitrogens with two attached hydrogens (primary N) is 1. The van der Waals surface area contributed by atoms with Gasteiger partial charge in [-0.2, -0.15) is 0 Å². The Morgan fingerprint density at radius 2 is 1.62 bits per heavy atom. The van der Waals surface area contributed by atoms with E-state index in [1.54, 1.807) is 0 Å². The number of piperidine rings is 1. The van der Waals surface area contributed by atoms with Gasteiger partial charge in [0.1, 0.15) is 0 Å². The Bertz CT molecular complexity index is 597. The van der Waals surface area contributed by atoms with Gasteiger partial charge in [-0.3, -0.25) is 4.79 Å². The average molecular weight is 280 g/mol. The van der Waals surface area contributed by atoms with Crippen LogP contribution < -0.4 is 5.73 Å². The summed E-state index contributed by atoms with van der Waals surface area (Å²) in [6, 6.07) is 20.2. The first-order chi connectivity index (χ1) is 10.3. The Labute approximate surface area is 125 Å². The highest BCUT2D eigenvalue weighted by Crippen LogP contribution is 2.32. The maximum Gasteiger partial charge on any atom is 0.223 e. The van der Waals surface area contributed by atoms with E-state index in [0.29, 0.717) is 13.0 Å². The number of benzene rings is 2. The topological polar surface area (TPSA) is 46.3 Å². The lowest BCUT2D eigenvalue weighted by Crippen LogP contribution is -2.48. The van der Waals surface area contributed by atoms with Gasteiger partial charge in [-0.25, -0.2) is 0 Å². The van der Waals surface area contributed by atoms with E-state index >= 15 is 0 Å². The summed E-state index contributed by atoms with van der Waals surface area (Å²) < 4.78 is 0. The molecule has 3 rings (SSSR count). The Morgan fingerprint density at radius 3 is 2.29 bits per heavy atom. The highest BCUT2D eigenvalue weighted by molar-refractivity contribution is 5.78. The third kappa shape index (κ3) is 2.98. The maximum atomic E-state index is 12.4. The van der Waals surface area contributed by atoms with E-state index in [9.17, 15) is 4.79 Å². The van der Waals surface area contributed by atoms with Crippen molar-refractivity contribution in [3.8, 4) is 0 Å². The molecule has 0 saturated carbocycles. The number of hydrogen-bond acceptors (Lipinski definition) is 2. The van der Waals surface area contributed by atoms with Crippen LogP contribution in [0.15, 0.2) is 60.7 Å². The number of amides is 1. The van der Waals surface area contributed by atoms with Gasteiger partial charge < -0.3 is 10.6 Å². The Kier molecular flexibility index (Phi) is 4.02. The summed E-state index contributed by atoms with van der Waals surface area (Å²) >= 11 is 0. The molecule has 1 aliphatic rings. The molecule has 2 unspecified atom stereocenters. The quantitative estimate of drug-likeness (QED) is 0.939. The minimum atomic E-state index is -0.0346. The first-order valence-electron chi connectivity index (χ1n) is 7.39. The van der Waals surface area contributed by atoms with Gasteiger partial charge in [0.25, 0.3) is 0 Å². The first kappa shape index (κ1) is 13.8. The number of likely N-dealkylation sites (tertiary alicyclic amines) is 1. The van der Waals surface area contributed by atoms with Crippen molar-refractivity contribution in [3.63, 3.8) is 0 Å². The van der Waals surface area contributed by atoms with Gasteiger partial charge in [0.15, 0.2) is 0 Å². The largest absolute Gasteiger partial charge is 0.330 e. The van der Waals surface area contributed by atoms with Crippen molar-refractivity contribution in [1.82, 2.24) is 4.90 Å². The molecule has 1 heterocycles. The summed E-state index contributed by atoms with van der Waals surface area (Å²) in [6.07, 6.45) is 1.29. The van der Waals surface area contributed by atoms with E-state index < -0.39 is 0 Å². The monoisotopic (exact) mass is 280 g/mol. The summed E-state index contributed by atoms with van der Waals surface area (Å²) in [7, 11) is 0. The molecule has 1 saturated heterocycles. The van der Waals surface area contributed by atoms with Crippen LogP contribution in [-0.2, 0) is 11.3 Å². The molecule has 3 heteroatoms. The van der Waals surface area contributed by atoms with Crippen molar-refractivity contribution in [1.29, 1.82) is 0 Å². The molecule has 2 N–H and O–H groups in total. The zero-order valence-electron chi connectivity index (χ0n) is 12.0. The maximum absolute atomic E-state index is 12.4. The van der Waals surface area contributed by atoms with Crippen molar-refractivity contribution in [2.75, 3.05) is 0 Å². The summed E-state index contributed by atoms with van der Waals surface area (Å²) in [5.41, 5.74) is 8.58. The second-order valence-corrected chi connectivity index (χ2v) is 5.57. The molecule has 1 fully saturated rings. The molecule has 1 amide bonds. The Morgan fingerprint density at radius 1 is 1.00 bits per heavy atom. The highest BCUT2D eigenvalue weighted by Gasteiger charge is 2.34. The van der Waals surface area contributed by atoms with Crippen LogP contribution in [0.2, 0.25) is 0 Å². The Hall–Kier alpha value is -2.13. The standard InChI is InChI=1S/C18H20N2O/c19-16-11-12-17(21)20(13-14-7-3-1-4-8-14)18(16)15-9-5-2-6-10-15/h1-10,16,18H,11-13,19H2. The van der Waals surface area contributed by atoms with E-state index in [0.717, 1.165) is 17.5 Å². The number of nitrogens with zero attached hydrogens (tertiary/aromatic N) is 1. The van der Waals surface area contributed by atoms with Crippen LogP contribution in [0.5, 0.6) is 0 Å². The lowest BCUT2D eigenvalue weighted by molar-refractivity contribution is -0.138. The molecule has 21 heavy (non-hydrogen) atoms. The fourth-order valence-electron chi connectivity index (χ4n) is 3.02. The summed E-state index contributed by atoms with van der Waals surface area (Å²) in [4.78, 5) is 14.3. The second-order valence-electron chi connectivity index (χ2n) is 5.57.